The maximum atomic E-state index is 9.63. The van der Waals surface area contributed by atoms with E-state index in [-0.39, 0.29) is 0 Å². The van der Waals surface area contributed by atoms with E-state index in [0.717, 1.165) is 57.8 Å². The molecule has 180 valence electrons. The molecule has 0 aliphatic heterocycles. The highest BCUT2D eigenvalue weighted by molar-refractivity contribution is 5.34. The first-order valence-corrected chi connectivity index (χ1v) is 10.5. The van der Waals surface area contributed by atoms with Crippen molar-refractivity contribution in [1.82, 2.24) is 0 Å². The molecule has 0 rings (SSSR count). The summed E-state index contributed by atoms with van der Waals surface area (Å²) in [5.74, 6) is 0. The van der Waals surface area contributed by atoms with Crippen molar-refractivity contribution in [2.24, 2.45) is 30.0 Å². The Hall–Kier alpha value is -3.72. The molecule has 33 heavy (non-hydrogen) atoms. The zero-order chi connectivity index (χ0) is 25.1. The Morgan fingerprint density at radius 1 is 0.273 bits per heavy atom. The van der Waals surface area contributed by atoms with E-state index >= 15 is 0 Å². The van der Waals surface area contributed by atoms with Gasteiger partial charge in [-0.25, -0.2) is 58.7 Å². The molecule has 0 fully saturated rings. The normalized spacial score (nSPS) is 8.00. The lowest BCUT2D eigenvalue weighted by atomic mass is 10.2. The molecule has 0 aromatic carbocycles. The number of aliphatic imine (C=N–C) groups is 6. The minimum absolute atomic E-state index is 0.470. The predicted octanol–water partition coefficient (Wildman–Crippen LogP) is 2.48. The van der Waals surface area contributed by atoms with Crippen LogP contribution in [0.5, 0.6) is 0 Å². The Morgan fingerprint density at radius 3 is 0.606 bits per heavy atom. The first-order chi connectivity index (χ1) is 16.2. The van der Waals surface area contributed by atoms with Gasteiger partial charge in [0.2, 0.25) is 36.5 Å². The third-order valence-corrected chi connectivity index (χ3v) is 3.51. The summed E-state index contributed by atoms with van der Waals surface area (Å²) in [4.78, 5) is 77.7. The van der Waals surface area contributed by atoms with Crippen molar-refractivity contribution in [3.05, 3.63) is 0 Å². The molecule has 0 aromatic heterocycles. The first-order valence-electron chi connectivity index (χ1n) is 10.5. The molecule has 0 aliphatic carbocycles. The summed E-state index contributed by atoms with van der Waals surface area (Å²) in [6.07, 6.45) is 16.7. The number of carbonyl (C=O) groups excluding carboxylic acids is 6. The quantitative estimate of drug-likeness (QED) is 0.171. The lowest BCUT2D eigenvalue weighted by Gasteiger charge is -1.93. The highest BCUT2D eigenvalue weighted by atomic mass is 16.1. The van der Waals surface area contributed by atoms with E-state index in [9.17, 15) is 28.8 Å². The highest BCUT2D eigenvalue weighted by Gasteiger charge is 1.88. The minimum atomic E-state index is 0.470. The van der Waals surface area contributed by atoms with Crippen molar-refractivity contribution < 1.29 is 28.8 Å². The third kappa shape index (κ3) is 47.5. The van der Waals surface area contributed by atoms with Gasteiger partial charge in [-0.1, -0.05) is 12.8 Å². The monoisotopic (exact) mass is 462 g/mol. The number of hydrogen-bond acceptors (Lipinski definition) is 12. The van der Waals surface area contributed by atoms with E-state index in [4.69, 9.17) is 0 Å². The summed E-state index contributed by atoms with van der Waals surface area (Å²) in [7, 11) is 0. The molecule has 0 spiro atoms. The fourth-order valence-electron chi connectivity index (χ4n) is 1.95. The van der Waals surface area contributed by atoms with Crippen LogP contribution in [0.4, 0.5) is 0 Å². The van der Waals surface area contributed by atoms with Gasteiger partial charge in [-0.3, -0.25) is 0 Å². The number of hydrogen-bond donors (Lipinski definition) is 0. The fraction of sp³-hybridized carbons (Fsp3) is 0.714. The molecule has 12 nitrogen and oxygen atoms in total. The topological polar surface area (TPSA) is 177 Å². The van der Waals surface area contributed by atoms with Gasteiger partial charge in [0.25, 0.3) is 0 Å². The molecule has 0 aromatic rings. The van der Waals surface area contributed by atoms with Crippen LogP contribution in [0.25, 0.3) is 0 Å². The van der Waals surface area contributed by atoms with E-state index in [1.807, 2.05) is 0 Å². The highest BCUT2D eigenvalue weighted by Crippen LogP contribution is 1.99. The Morgan fingerprint density at radius 2 is 0.424 bits per heavy atom. The molecule has 0 N–H and O–H groups in total. The van der Waals surface area contributed by atoms with Gasteiger partial charge in [0, 0.05) is 0 Å². The van der Waals surface area contributed by atoms with Gasteiger partial charge in [0.05, 0.1) is 39.3 Å². The second-order valence-corrected chi connectivity index (χ2v) is 6.02. The largest absolute Gasteiger partial charge is 0.234 e. The zero-order valence-electron chi connectivity index (χ0n) is 18.7. The molecular formula is C21H30N6O6. The molecule has 0 aliphatic rings. The van der Waals surface area contributed by atoms with Crippen molar-refractivity contribution in [2.45, 2.75) is 57.8 Å². The number of unbranched alkanes of at least 4 members (excludes halogenated alkanes) is 6. The van der Waals surface area contributed by atoms with Gasteiger partial charge in [0.15, 0.2) is 0 Å². The van der Waals surface area contributed by atoms with Gasteiger partial charge in [-0.15, -0.1) is 0 Å². The second-order valence-electron chi connectivity index (χ2n) is 6.02. The summed E-state index contributed by atoms with van der Waals surface area (Å²) in [5.41, 5.74) is 0. The summed E-state index contributed by atoms with van der Waals surface area (Å²) in [6.45, 7) is 3.10. The van der Waals surface area contributed by atoms with Gasteiger partial charge in [-0.05, 0) is 44.9 Å². The van der Waals surface area contributed by atoms with Crippen LogP contribution in [0.2, 0.25) is 0 Å². The Balaban J connectivity index is -0.000000411. The minimum Gasteiger partial charge on any atom is -0.211 e. The predicted molar refractivity (Wildman–Crippen MR) is 119 cm³/mol. The van der Waals surface area contributed by atoms with Crippen molar-refractivity contribution in [1.29, 1.82) is 0 Å². The maximum Gasteiger partial charge on any atom is 0.234 e. The Labute approximate surface area is 192 Å². The van der Waals surface area contributed by atoms with E-state index in [0.29, 0.717) is 39.3 Å². The summed E-state index contributed by atoms with van der Waals surface area (Å²) in [5, 5.41) is 0. The van der Waals surface area contributed by atoms with Crippen LogP contribution in [0, 0.1) is 0 Å². The molecule has 0 radical (unpaired) electrons. The van der Waals surface area contributed by atoms with Crippen molar-refractivity contribution in [3.8, 4) is 0 Å². The van der Waals surface area contributed by atoms with Crippen molar-refractivity contribution in [3.63, 3.8) is 0 Å². The molecule has 0 heterocycles. The van der Waals surface area contributed by atoms with Crippen LogP contribution >= 0.6 is 0 Å². The molecular weight excluding hydrogens is 432 g/mol. The molecule has 0 atom stereocenters. The standard InChI is InChI=1S/C8H12N2O2.C7H10N2O2.C6H8N2O2/c11-7-9-5-3-1-2-4-6-10-8-12;10-6-8-4-2-1-3-5-9-7-11;9-5-7-3-1-2-4-8-6-10/h1-6H2;1-5H2;1-4H2. The van der Waals surface area contributed by atoms with Gasteiger partial charge in [0.1, 0.15) is 0 Å². The molecule has 0 saturated heterocycles. The lowest BCUT2D eigenvalue weighted by Crippen LogP contribution is -1.84. The van der Waals surface area contributed by atoms with Crippen LogP contribution in [-0.4, -0.2) is 75.7 Å². The van der Waals surface area contributed by atoms with Gasteiger partial charge >= 0.3 is 0 Å². The average molecular weight is 463 g/mol. The van der Waals surface area contributed by atoms with Gasteiger partial charge < -0.3 is 0 Å². The fourth-order valence-corrected chi connectivity index (χ4v) is 1.95. The smallest absolute Gasteiger partial charge is 0.211 e. The van der Waals surface area contributed by atoms with E-state index in [1.165, 1.54) is 36.5 Å². The van der Waals surface area contributed by atoms with Gasteiger partial charge in [-0.2, -0.15) is 0 Å². The van der Waals surface area contributed by atoms with Crippen LogP contribution in [0.3, 0.4) is 0 Å². The number of rotatable bonds is 18. The summed E-state index contributed by atoms with van der Waals surface area (Å²) in [6, 6.07) is 0. The zero-order valence-corrected chi connectivity index (χ0v) is 18.7. The number of isocyanates is 6. The first kappa shape index (κ1) is 33.9. The van der Waals surface area contributed by atoms with Crippen molar-refractivity contribution >= 4 is 36.5 Å². The molecule has 12 heteroatoms. The Bertz CT molecular complexity index is 674. The SMILES string of the molecule is O=C=NCCCCCCN=C=O.O=C=NCCCCCN=C=O.O=C=NCCCCN=C=O. The van der Waals surface area contributed by atoms with Crippen LogP contribution in [0.15, 0.2) is 30.0 Å². The third-order valence-electron chi connectivity index (χ3n) is 3.51. The van der Waals surface area contributed by atoms with Crippen LogP contribution in [0.1, 0.15) is 57.8 Å². The second kappa shape index (κ2) is 38.8. The van der Waals surface area contributed by atoms with E-state index in [2.05, 4.69) is 30.0 Å². The average Bonchev–Trinajstić information content (AvgIpc) is 2.83. The maximum absolute atomic E-state index is 9.63. The van der Waals surface area contributed by atoms with Crippen molar-refractivity contribution in [2.75, 3.05) is 39.3 Å². The molecule has 0 amide bonds. The molecule has 0 bridgehead atoms. The molecule has 0 unspecified atom stereocenters. The van der Waals surface area contributed by atoms with E-state index in [1.54, 1.807) is 0 Å². The molecule has 0 saturated carbocycles. The van der Waals surface area contributed by atoms with Crippen LogP contribution in [-0.2, 0) is 28.8 Å². The summed E-state index contributed by atoms with van der Waals surface area (Å²) < 4.78 is 0. The number of nitrogens with zero attached hydrogens (tertiary/aromatic N) is 6. The van der Waals surface area contributed by atoms with Crippen LogP contribution < -0.4 is 0 Å². The summed E-state index contributed by atoms with van der Waals surface area (Å²) >= 11 is 0. The lowest BCUT2D eigenvalue weighted by molar-refractivity contribution is 0.558. The Kier molecular flexibility index (Phi) is 39.9. The van der Waals surface area contributed by atoms with E-state index < -0.39 is 0 Å².